The average Bonchev–Trinajstić information content (AvgIpc) is 2.83. The van der Waals surface area contributed by atoms with Crippen molar-refractivity contribution in [2.24, 2.45) is 0 Å². The van der Waals surface area contributed by atoms with Gasteiger partial charge >= 0.3 is 0 Å². The van der Waals surface area contributed by atoms with E-state index in [-0.39, 0.29) is 5.38 Å². The molecule has 1 nitrogen and oxygen atoms in total. The largest absolute Gasteiger partial charge is 0.493 e. The van der Waals surface area contributed by atoms with Crippen LogP contribution in [0, 0.1) is 0 Å². The van der Waals surface area contributed by atoms with Crippen molar-refractivity contribution in [1.29, 1.82) is 0 Å². The highest BCUT2D eigenvalue weighted by atomic mass is 79.9. The maximum atomic E-state index is 6.69. The Morgan fingerprint density at radius 1 is 0.950 bits per heavy atom. The van der Waals surface area contributed by atoms with E-state index in [2.05, 4.69) is 53.9 Å². The first-order valence-electron chi connectivity index (χ1n) is 6.10. The molecule has 2 aromatic carbocycles. The van der Waals surface area contributed by atoms with Crippen LogP contribution in [-0.4, -0.2) is 6.61 Å². The predicted molar refractivity (Wildman–Crippen MR) is 92.9 cm³/mol. The van der Waals surface area contributed by atoms with Gasteiger partial charge in [0.15, 0.2) is 0 Å². The van der Waals surface area contributed by atoms with E-state index in [4.69, 9.17) is 16.3 Å². The number of benzene rings is 2. The van der Waals surface area contributed by atoms with E-state index in [1.54, 1.807) is 0 Å². The van der Waals surface area contributed by atoms with Crippen LogP contribution in [0.3, 0.4) is 0 Å². The Hall–Kier alpha value is -0.0300. The van der Waals surface area contributed by atoms with Gasteiger partial charge in [-0.25, -0.2) is 0 Å². The summed E-state index contributed by atoms with van der Waals surface area (Å²) in [5, 5.41) is -0.242. The van der Waals surface area contributed by atoms with Crippen LogP contribution in [0.4, 0.5) is 0 Å². The topological polar surface area (TPSA) is 9.23 Å². The number of alkyl halides is 1. The summed E-state index contributed by atoms with van der Waals surface area (Å²) in [7, 11) is 0. The number of halogens is 4. The minimum atomic E-state index is -0.242. The lowest BCUT2D eigenvalue weighted by Gasteiger charge is -2.15. The monoisotopic (exact) mass is 478 g/mol. The molecule has 1 unspecified atom stereocenters. The fraction of sp³-hybridized carbons (Fsp3) is 0.200. The fourth-order valence-corrected chi connectivity index (χ4v) is 4.53. The molecule has 0 aliphatic carbocycles. The first kappa shape index (κ1) is 14.9. The van der Waals surface area contributed by atoms with Gasteiger partial charge in [0.2, 0.25) is 0 Å². The number of hydrogen-bond acceptors (Lipinski definition) is 1. The summed E-state index contributed by atoms with van der Waals surface area (Å²) in [6.07, 6.45) is 0.938. The van der Waals surface area contributed by atoms with Crippen LogP contribution in [0.15, 0.2) is 43.7 Å². The fourth-order valence-electron chi connectivity index (χ4n) is 2.39. The predicted octanol–water partition coefficient (Wildman–Crippen LogP) is 6.24. The smallest absolute Gasteiger partial charge is 0.127 e. The van der Waals surface area contributed by atoms with E-state index in [1.165, 1.54) is 5.56 Å². The molecule has 3 rings (SSSR count). The molecule has 0 fully saturated rings. The van der Waals surface area contributed by atoms with Crippen molar-refractivity contribution in [1.82, 2.24) is 0 Å². The summed E-state index contributed by atoms with van der Waals surface area (Å²) in [6, 6.07) is 10.2. The van der Waals surface area contributed by atoms with E-state index in [1.807, 2.05) is 24.3 Å². The first-order valence-corrected chi connectivity index (χ1v) is 8.91. The maximum Gasteiger partial charge on any atom is 0.127 e. The minimum Gasteiger partial charge on any atom is -0.493 e. The Labute approximate surface area is 148 Å². The number of rotatable bonds is 2. The second-order valence-corrected chi connectivity index (χ2v) is 7.83. The molecule has 0 aromatic heterocycles. The van der Waals surface area contributed by atoms with Gasteiger partial charge in [-0.3, -0.25) is 0 Å². The Bertz CT molecular complexity index is 652. The lowest BCUT2D eigenvalue weighted by Crippen LogP contribution is -1.98. The third kappa shape index (κ3) is 2.94. The molecule has 0 amide bonds. The van der Waals surface area contributed by atoms with Gasteiger partial charge < -0.3 is 4.74 Å². The van der Waals surface area contributed by atoms with Gasteiger partial charge in [0, 0.05) is 25.4 Å². The normalized spacial score (nSPS) is 14.8. The quantitative estimate of drug-likeness (QED) is 0.462. The van der Waals surface area contributed by atoms with Crippen molar-refractivity contribution in [2.45, 2.75) is 11.8 Å². The third-order valence-corrected chi connectivity index (χ3v) is 5.09. The van der Waals surface area contributed by atoms with Crippen molar-refractivity contribution in [2.75, 3.05) is 6.61 Å². The highest BCUT2D eigenvalue weighted by Crippen LogP contribution is 2.42. The number of ether oxygens (including phenoxy) is 1. The van der Waals surface area contributed by atoms with E-state index in [0.717, 1.165) is 43.3 Å². The van der Waals surface area contributed by atoms with Crippen LogP contribution >= 0.6 is 59.4 Å². The summed E-state index contributed by atoms with van der Waals surface area (Å²) >= 11 is 17.2. The highest BCUT2D eigenvalue weighted by molar-refractivity contribution is 9.11. The van der Waals surface area contributed by atoms with Crippen LogP contribution in [0.2, 0.25) is 0 Å². The molecule has 0 saturated carbocycles. The Balaban J connectivity index is 2.08. The molecule has 1 aliphatic heterocycles. The zero-order valence-corrected chi connectivity index (χ0v) is 15.8. The summed E-state index contributed by atoms with van der Waals surface area (Å²) in [4.78, 5) is 0. The molecule has 0 radical (unpaired) electrons. The molecule has 20 heavy (non-hydrogen) atoms. The summed E-state index contributed by atoms with van der Waals surface area (Å²) in [5.74, 6) is 0.935. The van der Waals surface area contributed by atoms with Gasteiger partial charge in [-0.1, -0.05) is 47.8 Å². The molecule has 1 atom stereocenters. The molecule has 0 spiro atoms. The Morgan fingerprint density at radius 2 is 1.60 bits per heavy atom. The van der Waals surface area contributed by atoms with Gasteiger partial charge in [-0.15, -0.1) is 11.6 Å². The van der Waals surface area contributed by atoms with E-state index < -0.39 is 0 Å². The zero-order chi connectivity index (χ0) is 14.3. The van der Waals surface area contributed by atoms with E-state index in [0.29, 0.717) is 0 Å². The Morgan fingerprint density at radius 3 is 2.30 bits per heavy atom. The summed E-state index contributed by atoms with van der Waals surface area (Å²) in [5.41, 5.74) is 3.26. The van der Waals surface area contributed by atoms with Crippen molar-refractivity contribution in [3.8, 4) is 5.75 Å². The van der Waals surface area contributed by atoms with E-state index >= 15 is 0 Å². The van der Waals surface area contributed by atoms with Gasteiger partial charge in [0.05, 0.1) is 12.0 Å². The molecule has 1 heterocycles. The maximum absolute atomic E-state index is 6.69. The van der Waals surface area contributed by atoms with E-state index in [9.17, 15) is 0 Å². The average molecular weight is 481 g/mol. The molecule has 2 aromatic rings. The number of fused-ring (bicyclic) bond motifs is 1. The Kier molecular flexibility index (Phi) is 4.46. The second kappa shape index (κ2) is 5.99. The molecular weight excluding hydrogens is 471 g/mol. The van der Waals surface area contributed by atoms with Gasteiger partial charge in [0.25, 0.3) is 0 Å². The van der Waals surface area contributed by atoms with Crippen molar-refractivity contribution in [3.05, 3.63) is 60.4 Å². The highest BCUT2D eigenvalue weighted by Gasteiger charge is 2.23. The molecule has 1 aliphatic rings. The van der Waals surface area contributed by atoms with Gasteiger partial charge in [-0.2, -0.15) is 0 Å². The lowest BCUT2D eigenvalue weighted by molar-refractivity contribution is 0.353. The minimum absolute atomic E-state index is 0.242. The van der Waals surface area contributed by atoms with Crippen molar-refractivity contribution >= 4 is 59.4 Å². The second-order valence-electron chi connectivity index (χ2n) is 4.65. The van der Waals surface area contributed by atoms with Crippen LogP contribution in [-0.2, 0) is 6.42 Å². The molecular formula is C15H10Br3ClO. The molecule has 0 N–H and O–H groups in total. The summed E-state index contributed by atoms with van der Waals surface area (Å²) < 4.78 is 8.80. The third-order valence-electron chi connectivity index (χ3n) is 3.23. The zero-order valence-electron chi connectivity index (χ0n) is 10.3. The molecule has 0 bridgehead atoms. The standard InChI is InChI=1S/C15H10Br3ClO/c16-10-4-9(5-11(17)6-10)14(19)13-7-12(18)3-8-1-2-20-15(8)13/h3-7,14H,1-2H2. The molecule has 0 saturated heterocycles. The molecule has 5 heteroatoms. The van der Waals surface area contributed by atoms with Crippen LogP contribution < -0.4 is 4.74 Å². The van der Waals surface area contributed by atoms with Gasteiger partial charge in [0.1, 0.15) is 5.75 Å². The van der Waals surface area contributed by atoms with Crippen LogP contribution in [0.5, 0.6) is 5.75 Å². The molecule has 104 valence electrons. The van der Waals surface area contributed by atoms with Crippen molar-refractivity contribution < 1.29 is 4.74 Å². The van der Waals surface area contributed by atoms with Crippen molar-refractivity contribution in [3.63, 3.8) is 0 Å². The summed E-state index contributed by atoms with van der Waals surface area (Å²) in [6.45, 7) is 0.727. The van der Waals surface area contributed by atoms with Gasteiger partial charge in [-0.05, 0) is 41.5 Å². The first-order chi connectivity index (χ1) is 9.54. The van der Waals surface area contributed by atoms with Crippen LogP contribution in [0.25, 0.3) is 0 Å². The number of hydrogen-bond donors (Lipinski definition) is 0. The van der Waals surface area contributed by atoms with Crippen LogP contribution in [0.1, 0.15) is 22.1 Å². The lowest BCUT2D eigenvalue weighted by atomic mass is 10.0. The SMILES string of the molecule is ClC(c1cc(Br)cc(Br)c1)c1cc(Br)cc2c1OCC2.